The first-order valence-electron chi connectivity index (χ1n) is 9.15. The molecule has 5 nitrogen and oxygen atoms in total. The molecule has 2 N–H and O–H groups in total. The fourth-order valence-electron chi connectivity index (χ4n) is 2.37. The number of rotatable bonds is 8. The van der Waals surface area contributed by atoms with E-state index >= 15 is 0 Å². The third-order valence-corrected chi connectivity index (χ3v) is 4.92. The molecule has 0 bridgehead atoms. The number of guanidine groups is 1. The zero-order valence-corrected chi connectivity index (χ0v) is 17.2. The first-order valence-corrected chi connectivity index (χ1v) is 10.0. The Hall–Kier alpha value is -2.08. The van der Waals surface area contributed by atoms with Crippen LogP contribution in [0.2, 0.25) is 0 Å². The highest BCUT2D eigenvalue weighted by molar-refractivity contribution is 7.09. The summed E-state index contributed by atoms with van der Waals surface area (Å²) in [4.78, 5) is 8.88. The van der Waals surface area contributed by atoms with Crippen molar-refractivity contribution in [3.05, 3.63) is 45.9 Å². The molecule has 2 rings (SSSR count). The van der Waals surface area contributed by atoms with Crippen molar-refractivity contribution in [3.63, 3.8) is 0 Å². The van der Waals surface area contributed by atoms with E-state index < -0.39 is 0 Å². The van der Waals surface area contributed by atoms with Gasteiger partial charge in [-0.05, 0) is 37.0 Å². The number of aliphatic imine (C=N–C) groups is 1. The van der Waals surface area contributed by atoms with Crippen molar-refractivity contribution in [1.82, 2.24) is 15.6 Å². The average Bonchev–Trinajstić information content (AvgIpc) is 3.11. The number of aromatic nitrogens is 1. The molecule has 0 radical (unpaired) electrons. The molecule has 1 atom stereocenters. The molecular weight excluding hydrogens is 344 g/mol. The highest BCUT2D eigenvalue weighted by atomic mass is 32.1. The van der Waals surface area contributed by atoms with Gasteiger partial charge in [0.15, 0.2) is 5.96 Å². The first-order chi connectivity index (χ1) is 12.5. The Balaban J connectivity index is 1.86. The van der Waals surface area contributed by atoms with Gasteiger partial charge in [0.1, 0.15) is 5.75 Å². The minimum absolute atomic E-state index is 0.141. The Kier molecular flexibility index (Phi) is 7.91. The van der Waals surface area contributed by atoms with Crippen molar-refractivity contribution in [2.45, 2.75) is 46.7 Å². The summed E-state index contributed by atoms with van der Waals surface area (Å²) in [5.74, 6) is 2.20. The van der Waals surface area contributed by atoms with Gasteiger partial charge in [-0.2, -0.15) is 0 Å². The van der Waals surface area contributed by atoms with Gasteiger partial charge in [0.25, 0.3) is 0 Å². The molecule has 0 fully saturated rings. The number of benzene rings is 1. The van der Waals surface area contributed by atoms with Crippen molar-refractivity contribution in [3.8, 4) is 5.75 Å². The molecule has 0 aliphatic heterocycles. The van der Waals surface area contributed by atoms with Crippen molar-refractivity contribution >= 4 is 17.3 Å². The molecule has 6 heteroatoms. The SMILES string of the molecule is CCc1nc(CNC(=NC)NC(C)c2ccc(OCC(C)C)cc2)cs1. The lowest BCUT2D eigenvalue weighted by molar-refractivity contribution is 0.271. The number of hydrogen-bond acceptors (Lipinski definition) is 4. The largest absolute Gasteiger partial charge is 0.493 e. The summed E-state index contributed by atoms with van der Waals surface area (Å²) in [7, 11) is 1.78. The van der Waals surface area contributed by atoms with E-state index in [4.69, 9.17) is 4.74 Å². The van der Waals surface area contributed by atoms with E-state index in [0.717, 1.165) is 35.4 Å². The Morgan fingerprint density at radius 1 is 1.23 bits per heavy atom. The standard InChI is InChI=1S/C20H30N4OS/c1-6-19-24-17(13-26-19)11-22-20(21-5)23-15(4)16-7-9-18(10-8-16)25-12-14(2)3/h7-10,13-15H,6,11-12H2,1-5H3,(H2,21,22,23). The van der Waals surface area contributed by atoms with Crippen LogP contribution in [0.4, 0.5) is 0 Å². The molecule has 2 aromatic rings. The molecule has 0 aliphatic carbocycles. The summed E-state index contributed by atoms with van der Waals surface area (Å²) < 4.78 is 5.74. The van der Waals surface area contributed by atoms with Crippen molar-refractivity contribution < 1.29 is 4.74 Å². The maximum atomic E-state index is 5.74. The van der Waals surface area contributed by atoms with Gasteiger partial charge in [-0.15, -0.1) is 11.3 Å². The minimum atomic E-state index is 0.141. The van der Waals surface area contributed by atoms with Crippen molar-refractivity contribution in [2.75, 3.05) is 13.7 Å². The van der Waals surface area contributed by atoms with Gasteiger partial charge >= 0.3 is 0 Å². The molecule has 0 saturated carbocycles. The molecule has 0 spiro atoms. The topological polar surface area (TPSA) is 58.5 Å². The summed E-state index contributed by atoms with van der Waals surface area (Å²) in [5.41, 5.74) is 2.24. The molecule has 0 saturated heterocycles. The van der Waals surface area contributed by atoms with Crippen LogP contribution >= 0.6 is 11.3 Å². The normalized spacial score (nSPS) is 12.9. The highest BCUT2D eigenvalue weighted by Gasteiger charge is 2.09. The van der Waals surface area contributed by atoms with Crippen LogP contribution in [0.25, 0.3) is 0 Å². The molecule has 142 valence electrons. The maximum Gasteiger partial charge on any atom is 0.191 e. The van der Waals surface area contributed by atoms with Gasteiger partial charge in [-0.25, -0.2) is 4.98 Å². The van der Waals surface area contributed by atoms with E-state index in [1.807, 2.05) is 12.1 Å². The second kappa shape index (κ2) is 10.2. The fourth-order valence-corrected chi connectivity index (χ4v) is 3.11. The molecule has 1 heterocycles. The molecule has 0 amide bonds. The monoisotopic (exact) mass is 374 g/mol. The van der Waals surface area contributed by atoms with Gasteiger partial charge in [-0.3, -0.25) is 4.99 Å². The van der Waals surface area contributed by atoms with E-state index in [0.29, 0.717) is 12.5 Å². The fraction of sp³-hybridized carbons (Fsp3) is 0.500. The highest BCUT2D eigenvalue weighted by Crippen LogP contribution is 2.18. The Labute approximate surface area is 160 Å². The number of nitrogens with zero attached hydrogens (tertiary/aromatic N) is 2. The Morgan fingerprint density at radius 2 is 1.96 bits per heavy atom. The van der Waals surface area contributed by atoms with Crippen LogP contribution in [0.3, 0.4) is 0 Å². The van der Waals surface area contributed by atoms with Gasteiger partial charge < -0.3 is 15.4 Å². The second-order valence-corrected chi connectivity index (χ2v) is 7.59. The molecule has 1 aromatic carbocycles. The Morgan fingerprint density at radius 3 is 2.54 bits per heavy atom. The summed E-state index contributed by atoms with van der Waals surface area (Å²) in [6.45, 7) is 9.94. The number of nitrogens with one attached hydrogen (secondary N) is 2. The zero-order chi connectivity index (χ0) is 18.9. The average molecular weight is 375 g/mol. The molecule has 26 heavy (non-hydrogen) atoms. The van der Waals surface area contributed by atoms with Gasteiger partial charge in [0.05, 0.1) is 29.9 Å². The van der Waals surface area contributed by atoms with E-state index in [1.165, 1.54) is 5.56 Å². The van der Waals surface area contributed by atoms with Crippen molar-refractivity contribution in [1.29, 1.82) is 0 Å². The van der Waals surface area contributed by atoms with Crippen molar-refractivity contribution in [2.24, 2.45) is 10.9 Å². The lowest BCUT2D eigenvalue weighted by Crippen LogP contribution is -2.38. The summed E-state index contributed by atoms with van der Waals surface area (Å²) in [5, 5.41) is 10.0. The molecule has 1 unspecified atom stereocenters. The first kappa shape index (κ1) is 20.2. The lowest BCUT2D eigenvalue weighted by atomic mass is 10.1. The number of aryl methyl sites for hydroxylation is 1. The smallest absolute Gasteiger partial charge is 0.191 e. The van der Waals surface area contributed by atoms with Gasteiger partial charge in [0.2, 0.25) is 0 Å². The molecule has 0 aliphatic rings. The number of hydrogen-bond donors (Lipinski definition) is 2. The summed E-state index contributed by atoms with van der Waals surface area (Å²) in [6, 6.07) is 8.37. The van der Waals surface area contributed by atoms with E-state index in [9.17, 15) is 0 Å². The predicted octanol–water partition coefficient (Wildman–Crippen LogP) is 4.17. The van der Waals surface area contributed by atoms with E-state index in [2.05, 4.69) is 65.8 Å². The summed E-state index contributed by atoms with van der Waals surface area (Å²) >= 11 is 1.70. The van der Waals surface area contributed by atoms with Gasteiger partial charge in [0, 0.05) is 12.4 Å². The van der Waals surface area contributed by atoms with Crippen LogP contribution in [-0.4, -0.2) is 24.6 Å². The van der Waals surface area contributed by atoms with Crippen LogP contribution in [0.1, 0.15) is 50.0 Å². The van der Waals surface area contributed by atoms with Crippen LogP contribution in [0, 0.1) is 5.92 Å². The van der Waals surface area contributed by atoms with Crippen LogP contribution in [-0.2, 0) is 13.0 Å². The van der Waals surface area contributed by atoms with Crippen LogP contribution in [0.5, 0.6) is 5.75 Å². The summed E-state index contributed by atoms with van der Waals surface area (Å²) in [6.07, 6.45) is 0.978. The molecule has 1 aromatic heterocycles. The lowest BCUT2D eigenvalue weighted by Gasteiger charge is -2.18. The second-order valence-electron chi connectivity index (χ2n) is 6.65. The van der Waals surface area contributed by atoms with Crippen LogP contribution < -0.4 is 15.4 Å². The minimum Gasteiger partial charge on any atom is -0.493 e. The quantitative estimate of drug-likeness (QED) is 0.538. The van der Waals surface area contributed by atoms with E-state index in [1.54, 1.807) is 18.4 Å². The van der Waals surface area contributed by atoms with E-state index in [-0.39, 0.29) is 6.04 Å². The maximum absolute atomic E-state index is 5.74. The van der Waals surface area contributed by atoms with Gasteiger partial charge in [-0.1, -0.05) is 32.9 Å². The third-order valence-electron chi connectivity index (χ3n) is 3.88. The van der Waals surface area contributed by atoms with Crippen LogP contribution in [0.15, 0.2) is 34.6 Å². The molecular formula is C20H30N4OS. The third kappa shape index (κ3) is 6.33. The number of thiazole rings is 1. The zero-order valence-electron chi connectivity index (χ0n) is 16.4. The Bertz CT molecular complexity index is 694. The number of ether oxygens (including phenoxy) is 1. The predicted molar refractivity (Wildman–Crippen MR) is 110 cm³/mol.